The van der Waals surface area contributed by atoms with Crippen molar-refractivity contribution in [3.8, 4) is 0 Å². The molecule has 0 aliphatic carbocycles. The van der Waals surface area contributed by atoms with Gasteiger partial charge in [-0.3, -0.25) is 0 Å². The lowest BCUT2D eigenvalue weighted by molar-refractivity contribution is 0.400. The Morgan fingerprint density at radius 2 is 2.10 bits per heavy atom. The van der Waals surface area contributed by atoms with E-state index in [1.165, 1.54) is 43.5 Å². The number of hydrogen-bond acceptors (Lipinski definition) is 3. The van der Waals surface area contributed by atoms with Gasteiger partial charge >= 0.3 is 0 Å². The molecule has 1 aromatic carbocycles. The van der Waals surface area contributed by atoms with E-state index in [9.17, 15) is 0 Å². The first kappa shape index (κ1) is 16.3. The zero-order valence-corrected chi connectivity index (χ0v) is 13.9. The Morgan fingerprint density at radius 1 is 1.29 bits per heavy atom. The van der Waals surface area contributed by atoms with Gasteiger partial charge < -0.3 is 15.1 Å². The number of nitrogens with one attached hydrogen (secondary N) is 1. The quantitative estimate of drug-likeness (QED) is 0.831. The highest BCUT2D eigenvalue weighted by Crippen LogP contribution is 2.32. The van der Waals surface area contributed by atoms with E-state index in [-0.39, 0.29) is 0 Å². The van der Waals surface area contributed by atoms with Gasteiger partial charge in [-0.15, -0.1) is 0 Å². The van der Waals surface area contributed by atoms with Gasteiger partial charge in [0.05, 0.1) is 0 Å². The number of benzene rings is 1. The summed E-state index contributed by atoms with van der Waals surface area (Å²) in [5, 5.41) is 3.73. The summed E-state index contributed by atoms with van der Waals surface area (Å²) in [6.07, 6.45) is 4.96. The molecule has 0 radical (unpaired) electrons. The molecule has 118 valence electrons. The summed E-state index contributed by atoms with van der Waals surface area (Å²) < 4.78 is 0. The Labute approximate surface area is 130 Å². The summed E-state index contributed by atoms with van der Waals surface area (Å²) in [7, 11) is 4.31. The highest BCUT2D eigenvalue weighted by molar-refractivity contribution is 5.55. The monoisotopic (exact) mass is 289 g/mol. The van der Waals surface area contributed by atoms with E-state index in [1.807, 2.05) is 0 Å². The smallest absolute Gasteiger partial charge is 0.0414 e. The molecule has 0 saturated carbocycles. The van der Waals surface area contributed by atoms with Crippen molar-refractivity contribution in [3.05, 3.63) is 29.8 Å². The highest BCUT2D eigenvalue weighted by atomic mass is 15.1. The molecule has 1 N–H and O–H groups in total. The Kier molecular flexibility index (Phi) is 6.52. The first-order valence-corrected chi connectivity index (χ1v) is 8.44. The predicted octanol–water partition coefficient (Wildman–Crippen LogP) is 3.28. The fourth-order valence-corrected chi connectivity index (χ4v) is 3.17. The SMILES string of the molecule is CCCNC1CCCN(CCCN(C)C)c2ccccc21. The van der Waals surface area contributed by atoms with Crippen molar-refractivity contribution in [2.75, 3.05) is 45.2 Å². The van der Waals surface area contributed by atoms with E-state index in [1.54, 1.807) is 0 Å². The van der Waals surface area contributed by atoms with Crippen molar-refractivity contribution >= 4 is 5.69 Å². The molecular formula is C18H31N3. The van der Waals surface area contributed by atoms with Crippen LogP contribution in [0.3, 0.4) is 0 Å². The average molecular weight is 289 g/mol. The third-order valence-electron chi connectivity index (χ3n) is 4.25. The van der Waals surface area contributed by atoms with E-state index in [4.69, 9.17) is 0 Å². The van der Waals surface area contributed by atoms with E-state index < -0.39 is 0 Å². The van der Waals surface area contributed by atoms with Gasteiger partial charge in [0.1, 0.15) is 0 Å². The van der Waals surface area contributed by atoms with Crippen molar-refractivity contribution in [1.82, 2.24) is 10.2 Å². The molecule has 1 aromatic rings. The zero-order valence-electron chi connectivity index (χ0n) is 13.9. The maximum absolute atomic E-state index is 3.73. The molecule has 0 spiro atoms. The van der Waals surface area contributed by atoms with Gasteiger partial charge in [-0.05, 0) is 64.5 Å². The van der Waals surface area contributed by atoms with Crippen molar-refractivity contribution in [3.63, 3.8) is 0 Å². The molecule has 1 aliphatic heterocycles. The standard InChI is InChI=1S/C18H31N3/c1-4-12-19-17-10-7-14-21(15-8-13-20(2)3)18-11-6-5-9-16(17)18/h5-6,9,11,17,19H,4,7-8,10,12-15H2,1-3H3. The number of rotatable bonds is 7. The second kappa shape index (κ2) is 8.40. The van der Waals surface area contributed by atoms with Crippen LogP contribution in [-0.2, 0) is 0 Å². The van der Waals surface area contributed by atoms with E-state index in [0.29, 0.717) is 6.04 Å². The fraction of sp³-hybridized carbons (Fsp3) is 0.667. The maximum atomic E-state index is 3.73. The Bertz CT molecular complexity index is 417. The highest BCUT2D eigenvalue weighted by Gasteiger charge is 2.21. The van der Waals surface area contributed by atoms with Gasteiger partial charge in [0.15, 0.2) is 0 Å². The summed E-state index contributed by atoms with van der Waals surface area (Å²) in [5.74, 6) is 0. The van der Waals surface area contributed by atoms with Crippen LogP contribution in [0.15, 0.2) is 24.3 Å². The van der Waals surface area contributed by atoms with Crippen molar-refractivity contribution < 1.29 is 0 Å². The zero-order chi connectivity index (χ0) is 15.1. The van der Waals surface area contributed by atoms with Crippen LogP contribution < -0.4 is 10.2 Å². The van der Waals surface area contributed by atoms with Crippen LogP contribution >= 0.6 is 0 Å². The van der Waals surface area contributed by atoms with Crippen LogP contribution in [0.25, 0.3) is 0 Å². The molecule has 1 atom stereocenters. The number of anilines is 1. The van der Waals surface area contributed by atoms with Crippen molar-refractivity contribution in [1.29, 1.82) is 0 Å². The number of para-hydroxylation sites is 1. The Balaban J connectivity index is 2.09. The van der Waals surface area contributed by atoms with Crippen LogP contribution in [-0.4, -0.2) is 45.2 Å². The minimum Gasteiger partial charge on any atom is -0.371 e. The molecule has 1 aliphatic rings. The molecule has 1 unspecified atom stereocenters. The molecule has 0 amide bonds. The van der Waals surface area contributed by atoms with Crippen LogP contribution in [0.5, 0.6) is 0 Å². The Morgan fingerprint density at radius 3 is 2.86 bits per heavy atom. The predicted molar refractivity (Wildman–Crippen MR) is 92.1 cm³/mol. The van der Waals surface area contributed by atoms with Gasteiger partial charge in [0.2, 0.25) is 0 Å². The Hall–Kier alpha value is -1.06. The van der Waals surface area contributed by atoms with Crippen LogP contribution in [0, 0.1) is 0 Å². The molecule has 0 fully saturated rings. The fourth-order valence-electron chi connectivity index (χ4n) is 3.17. The molecule has 3 nitrogen and oxygen atoms in total. The summed E-state index contributed by atoms with van der Waals surface area (Å²) in [6.45, 7) is 6.86. The van der Waals surface area contributed by atoms with Gasteiger partial charge in [0, 0.05) is 24.8 Å². The largest absolute Gasteiger partial charge is 0.371 e. The van der Waals surface area contributed by atoms with Gasteiger partial charge in [-0.1, -0.05) is 25.1 Å². The summed E-state index contributed by atoms with van der Waals surface area (Å²) >= 11 is 0. The summed E-state index contributed by atoms with van der Waals surface area (Å²) in [6, 6.07) is 9.51. The average Bonchev–Trinajstić information content (AvgIpc) is 2.65. The lowest BCUT2D eigenvalue weighted by Crippen LogP contribution is -2.28. The van der Waals surface area contributed by atoms with E-state index in [0.717, 1.165) is 19.6 Å². The lowest BCUT2D eigenvalue weighted by atomic mass is 10.0. The third kappa shape index (κ3) is 4.72. The minimum atomic E-state index is 0.528. The molecular weight excluding hydrogens is 258 g/mol. The van der Waals surface area contributed by atoms with Gasteiger partial charge in [-0.25, -0.2) is 0 Å². The first-order chi connectivity index (χ1) is 10.2. The van der Waals surface area contributed by atoms with Crippen molar-refractivity contribution in [2.24, 2.45) is 0 Å². The number of nitrogens with zero attached hydrogens (tertiary/aromatic N) is 2. The van der Waals surface area contributed by atoms with Crippen molar-refractivity contribution in [2.45, 2.75) is 38.6 Å². The van der Waals surface area contributed by atoms with E-state index >= 15 is 0 Å². The van der Waals surface area contributed by atoms with Crippen LogP contribution in [0.1, 0.15) is 44.2 Å². The maximum Gasteiger partial charge on any atom is 0.0414 e. The second-order valence-corrected chi connectivity index (χ2v) is 6.35. The molecule has 0 saturated heterocycles. The van der Waals surface area contributed by atoms with Gasteiger partial charge in [0.25, 0.3) is 0 Å². The normalized spacial score (nSPS) is 18.7. The van der Waals surface area contributed by atoms with Gasteiger partial charge in [-0.2, -0.15) is 0 Å². The molecule has 3 heteroatoms. The second-order valence-electron chi connectivity index (χ2n) is 6.35. The molecule has 0 aromatic heterocycles. The third-order valence-corrected chi connectivity index (χ3v) is 4.25. The molecule has 1 heterocycles. The van der Waals surface area contributed by atoms with Crippen LogP contribution in [0.4, 0.5) is 5.69 Å². The van der Waals surface area contributed by atoms with Crippen LogP contribution in [0.2, 0.25) is 0 Å². The molecule has 2 rings (SSSR count). The number of hydrogen-bond donors (Lipinski definition) is 1. The molecule has 0 bridgehead atoms. The summed E-state index contributed by atoms with van der Waals surface area (Å²) in [4.78, 5) is 4.86. The minimum absolute atomic E-state index is 0.528. The van der Waals surface area contributed by atoms with E-state index in [2.05, 4.69) is 60.4 Å². The number of fused-ring (bicyclic) bond motifs is 1. The lowest BCUT2D eigenvalue weighted by Gasteiger charge is -2.26. The summed E-state index contributed by atoms with van der Waals surface area (Å²) in [5.41, 5.74) is 2.94. The molecule has 21 heavy (non-hydrogen) atoms. The first-order valence-electron chi connectivity index (χ1n) is 8.44. The topological polar surface area (TPSA) is 18.5 Å².